The molecule has 25 heavy (non-hydrogen) atoms. The minimum Gasteiger partial charge on any atom is -0.309 e. The van der Waals surface area contributed by atoms with E-state index >= 15 is 0 Å². The van der Waals surface area contributed by atoms with Crippen LogP contribution in [-0.2, 0) is 11.3 Å². The number of nitrogens with zero attached hydrogens (tertiary/aromatic N) is 2. The van der Waals surface area contributed by atoms with Crippen molar-refractivity contribution < 1.29 is 4.79 Å². The van der Waals surface area contributed by atoms with Gasteiger partial charge in [0.05, 0.1) is 0 Å². The first-order chi connectivity index (χ1) is 12.2. The van der Waals surface area contributed by atoms with Crippen molar-refractivity contribution in [3.63, 3.8) is 0 Å². The average Bonchev–Trinajstić information content (AvgIpc) is 2.65. The number of likely N-dealkylation sites (tertiary alicyclic amines) is 1. The van der Waals surface area contributed by atoms with Crippen molar-refractivity contribution in [1.82, 2.24) is 4.90 Å². The summed E-state index contributed by atoms with van der Waals surface area (Å²) in [5.41, 5.74) is 2.39. The van der Waals surface area contributed by atoms with E-state index in [4.69, 9.17) is 0 Å². The lowest BCUT2D eigenvalue weighted by Gasteiger charge is -2.42. The third-order valence-corrected chi connectivity index (χ3v) is 5.13. The Bertz CT molecular complexity index is 671. The van der Waals surface area contributed by atoms with Gasteiger partial charge >= 0.3 is 0 Å². The summed E-state index contributed by atoms with van der Waals surface area (Å²) in [6, 6.07) is 21.1. The summed E-state index contributed by atoms with van der Waals surface area (Å²) < 4.78 is 0. The molecule has 2 aromatic carbocycles. The van der Waals surface area contributed by atoms with Gasteiger partial charge in [0, 0.05) is 37.8 Å². The van der Waals surface area contributed by atoms with Crippen molar-refractivity contribution in [3.8, 4) is 0 Å². The highest BCUT2D eigenvalue weighted by molar-refractivity contribution is 5.93. The third-order valence-electron chi connectivity index (χ3n) is 5.13. The van der Waals surface area contributed by atoms with Gasteiger partial charge in [0.15, 0.2) is 0 Å². The number of carbonyl (C=O) groups excluding carboxylic acids is 1. The predicted octanol–water partition coefficient (Wildman–Crippen LogP) is 4.34. The number of hydrogen-bond acceptors (Lipinski definition) is 2. The number of carbonyl (C=O) groups is 1. The molecule has 1 heterocycles. The van der Waals surface area contributed by atoms with E-state index in [-0.39, 0.29) is 11.9 Å². The Kier molecular flexibility index (Phi) is 5.87. The molecule has 1 saturated heterocycles. The molecule has 3 nitrogen and oxygen atoms in total. The second-order valence-electron chi connectivity index (χ2n) is 7.01. The second kappa shape index (κ2) is 8.30. The molecule has 0 spiro atoms. The highest BCUT2D eigenvalue weighted by Gasteiger charge is 2.33. The SMILES string of the molecule is CCC(=O)N(c1ccccc1)[C@H]1CCN(Cc2ccccc2)C[C@H]1C. The van der Waals surface area contributed by atoms with Crippen LogP contribution in [-0.4, -0.2) is 29.9 Å². The zero-order chi connectivity index (χ0) is 17.6. The van der Waals surface area contributed by atoms with Crippen LogP contribution in [0, 0.1) is 5.92 Å². The van der Waals surface area contributed by atoms with Gasteiger partial charge in [0.2, 0.25) is 5.91 Å². The van der Waals surface area contributed by atoms with Crippen molar-refractivity contribution >= 4 is 11.6 Å². The molecular formula is C22H28N2O. The van der Waals surface area contributed by atoms with Crippen molar-refractivity contribution in [2.45, 2.75) is 39.3 Å². The molecule has 1 fully saturated rings. The number of hydrogen-bond donors (Lipinski definition) is 0. The summed E-state index contributed by atoms with van der Waals surface area (Å²) in [5, 5.41) is 0. The molecule has 2 aromatic rings. The standard InChI is InChI=1S/C22H28N2O/c1-3-22(25)24(20-12-8-5-9-13-20)21-14-15-23(16-18(21)2)17-19-10-6-4-7-11-19/h4-13,18,21H,3,14-17H2,1-2H3/t18-,21+/m1/s1. The molecule has 0 radical (unpaired) electrons. The molecule has 132 valence electrons. The molecule has 0 N–H and O–H groups in total. The van der Waals surface area contributed by atoms with Crippen molar-refractivity contribution in [1.29, 1.82) is 0 Å². The van der Waals surface area contributed by atoms with Gasteiger partial charge in [-0.15, -0.1) is 0 Å². The van der Waals surface area contributed by atoms with Crippen LogP contribution in [0.25, 0.3) is 0 Å². The molecular weight excluding hydrogens is 308 g/mol. The summed E-state index contributed by atoms with van der Waals surface area (Å²) >= 11 is 0. The van der Waals surface area contributed by atoms with Crippen molar-refractivity contribution in [2.24, 2.45) is 5.92 Å². The zero-order valence-electron chi connectivity index (χ0n) is 15.3. The molecule has 0 saturated carbocycles. The zero-order valence-corrected chi connectivity index (χ0v) is 15.3. The molecule has 0 unspecified atom stereocenters. The smallest absolute Gasteiger partial charge is 0.226 e. The molecule has 0 aliphatic carbocycles. The van der Waals surface area contributed by atoms with Crippen LogP contribution in [0.15, 0.2) is 60.7 Å². The predicted molar refractivity (Wildman–Crippen MR) is 104 cm³/mol. The number of para-hydroxylation sites is 1. The van der Waals surface area contributed by atoms with E-state index in [1.54, 1.807) is 0 Å². The normalized spacial score (nSPS) is 21.0. The second-order valence-corrected chi connectivity index (χ2v) is 7.01. The van der Waals surface area contributed by atoms with E-state index in [2.05, 4.69) is 54.3 Å². The maximum atomic E-state index is 12.6. The highest BCUT2D eigenvalue weighted by atomic mass is 16.2. The number of anilines is 1. The van der Waals surface area contributed by atoms with Crippen LogP contribution in [0.2, 0.25) is 0 Å². The fourth-order valence-electron chi connectivity index (χ4n) is 3.87. The monoisotopic (exact) mass is 336 g/mol. The first-order valence-corrected chi connectivity index (χ1v) is 9.32. The summed E-state index contributed by atoms with van der Waals surface area (Å²) in [4.78, 5) is 17.2. The molecule has 3 rings (SSSR count). The van der Waals surface area contributed by atoms with E-state index in [9.17, 15) is 4.79 Å². The summed E-state index contributed by atoms with van der Waals surface area (Å²) in [5.74, 6) is 0.674. The lowest BCUT2D eigenvalue weighted by atomic mass is 9.91. The molecule has 1 aliphatic rings. The molecule has 1 aliphatic heterocycles. The topological polar surface area (TPSA) is 23.6 Å². The van der Waals surface area contributed by atoms with Gasteiger partial charge in [-0.25, -0.2) is 0 Å². The first kappa shape index (κ1) is 17.7. The lowest BCUT2D eigenvalue weighted by molar-refractivity contribution is -0.119. The molecule has 1 amide bonds. The lowest BCUT2D eigenvalue weighted by Crippen LogP contribution is -2.52. The highest BCUT2D eigenvalue weighted by Crippen LogP contribution is 2.28. The Morgan fingerprint density at radius 2 is 1.72 bits per heavy atom. The van der Waals surface area contributed by atoms with Gasteiger partial charge in [0.1, 0.15) is 0 Å². The molecule has 2 atom stereocenters. The van der Waals surface area contributed by atoms with Gasteiger partial charge in [-0.2, -0.15) is 0 Å². The van der Waals surface area contributed by atoms with Gasteiger partial charge in [-0.1, -0.05) is 62.4 Å². The van der Waals surface area contributed by atoms with Crippen LogP contribution < -0.4 is 4.90 Å². The first-order valence-electron chi connectivity index (χ1n) is 9.32. The Balaban J connectivity index is 1.71. The fraction of sp³-hybridized carbons (Fsp3) is 0.409. The summed E-state index contributed by atoms with van der Waals surface area (Å²) in [7, 11) is 0. The van der Waals surface area contributed by atoms with Gasteiger partial charge in [0.25, 0.3) is 0 Å². The Labute approximate surface area is 151 Å². The third kappa shape index (κ3) is 4.29. The van der Waals surface area contributed by atoms with E-state index in [0.29, 0.717) is 12.3 Å². The van der Waals surface area contributed by atoms with E-state index < -0.39 is 0 Å². The minimum absolute atomic E-state index is 0.222. The number of amides is 1. The van der Waals surface area contributed by atoms with Crippen LogP contribution in [0.5, 0.6) is 0 Å². The van der Waals surface area contributed by atoms with Crippen LogP contribution >= 0.6 is 0 Å². The van der Waals surface area contributed by atoms with Crippen LogP contribution in [0.1, 0.15) is 32.3 Å². The Hall–Kier alpha value is -2.13. The number of rotatable bonds is 5. The van der Waals surface area contributed by atoms with Crippen molar-refractivity contribution in [3.05, 3.63) is 66.2 Å². The van der Waals surface area contributed by atoms with E-state index in [1.165, 1.54) is 5.56 Å². The quantitative estimate of drug-likeness (QED) is 0.811. The van der Waals surface area contributed by atoms with Gasteiger partial charge in [-0.05, 0) is 30.0 Å². The van der Waals surface area contributed by atoms with Crippen LogP contribution in [0.3, 0.4) is 0 Å². The molecule has 0 aromatic heterocycles. The largest absolute Gasteiger partial charge is 0.309 e. The Morgan fingerprint density at radius 1 is 1.08 bits per heavy atom. The van der Waals surface area contributed by atoms with E-state index in [1.807, 2.05) is 30.0 Å². The van der Waals surface area contributed by atoms with Crippen LogP contribution in [0.4, 0.5) is 5.69 Å². The average molecular weight is 336 g/mol. The number of piperidine rings is 1. The molecule has 3 heteroatoms. The van der Waals surface area contributed by atoms with Crippen molar-refractivity contribution in [2.75, 3.05) is 18.0 Å². The number of benzene rings is 2. The Morgan fingerprint density at radius 3 is 2.32 bits per heavy atom. The maximum Gasteiger partial charge on any atom is 0.226 e. The van der Waals surface area contributed by atoms with E-state index in [0.717, 1.165) is 31.7 Å². The maximum absolute atomic E-state index is 12.6. The molecule has 0 bridgehead atoms. The van der Waals surface area contributed by atoms with Gasteiger partial charge < -0.3 is 4.90 Å². The fourth-order valence-corrected chi connectivity index (χ4v) is 3.87. The summed E-state index contributed by atoms with van der Waals surface area (Å²) in [6.45, 7) is 7.28. The van der Waals surface area contributed by atoms with Gasteiger partial charge in [-0.3, -0.25) is 9.69 Å². The minimum atomic E-state index is 0.222. The summed E-state index contributed by atoms with van der Waals surface area (Å²) in [6.07, 6.45) is 1.57.